The maximum atomic E-state index is 11.6. The Bertz CT molecular complexity index is 451. The summed E-state index contributed by atoms with van der Waals surface area (Å²) >= 11 is 0. The molecule has 6 heteroatoms. The Labute approximate surface area is 127 Å². The molecule has 2 N–H and O–H groups in total. The molecule has 1 aromatic rings. The Kier molecular flexibility index (Phi) is 6.20. The third-order valence-electron chi connectivity index (χ3n) is 3.02. The normalized spacial score (nSPS) is 14.6. The molecule has 1 rings (SSSR count). The maximum Gasteiger partial charge on any atom is 0.407 e. The highest BCUT2D eigenvalue weighted by Crippen LogP contribution is 2.10. The van der Waals surface area contributed by atoms with Crippen molar-refractivity contribution in [1.29, 1.82) is 0 Å². The van der Waals surface area contributed by atoms with E-state index in [9.17, 15) is 4.79 Å². The topological polar surface area (TPSA) is 68.2 Å². The standard InChI is InChI=1S/C15H28N4O2/c1-11(18-14(20)21-15(3,4)5)7-8-16-12(2)13-9-17-19(6)10-13/h9-12,16H,7-8H2,1-6H3,(H,18,20). The SMILES string of the molecule is CC(CCNC(C)c1cnn(C)c1)NC(=O)OC(C)(C)C. The molecule has 1 amide bonds. The van der Waals surface area contributed by atoms with Gasteiger partial charge in [0, 0.05) is 30.9 Å². The lowest BCUT2D eigenvalue weighted by Crippen LogP contribution is -2.39. The second-order valence-corrected chi connectivity index (χ2v) is 6.46. The summed E-state index contributed by atoms with van der Waals surface area (Å²) in [5.41, 5.74) is 0.696. The number of carbonyl (C=O) groups excluding carboxylic acids is 1. The lowest BCUT2D eigenvalue weighted by molar-refractivity contribution is 0.0506. The Morgan fingerprint density at radius 2 is 2.10 bits per heavy atom. The highest BCUT2D eigenvalue weighted by Gasteiger charge is 2.17. The van der Waals surface area contributed by atoms with Crippen molar-refractivity contribution >= 4 is 6.09 Å². The zero-order chi connectivity index (χ0) is 16.0. The molecule has 21 heavy (non-hydrogen) atoms. The van der Waals surface area contributed by atoms with Crippen LogP contribution in [0, 0.1) is 0 Å². The molecular formula is C15H28N4O2. The quantitative estimate of drug-likeness (QED) is 0.845. The first kappa shape index (κ1) is 17.5. The summed E-state index contributed by atoms with van der Waals surface area (Å²) < 4.78 is 7.02. The molecule has 1 aromatic heterocycles. The number of alkyl carbamates (subject to hydrolysis) is 1. The van der Waals surface area contributed by atoms with Gasteiger partial charge in [0.2, 0.25) is 0 Å². The monoisotopic (exact) mass is 296 g/mol. The van der Waals surface area contributed by atoms with Crippen LogP contribution in [-0.4, -0.2) is 34.1 Å². The average molecular weight is 296 g/mol. The van der Waals surface area contributed by atoms with Gasteiger partial charge in [-0.3, -0.25) is 4.68 Å². The van der Waals surface area contributed by atoms with Gasteiger partial charge in [-0.25, -0.2) is 4.79 Å². The van der Waals surface area contributed by atoms with Gasteiger partial charge >= 0.3 is 6.09 Å². The molecule has 0 aliphatic carbocycles. The lowest BCUT2D eigenvalue weighted by Gasteiger charge is -2.22. The summed E-state index contributed by atoms with van der Waals surface area (Å²) in [4.78, 5) is 11.6. The van der Waals surface area contributed by atoms with Crippen molar-refractivity contribution in [3.8, 4) is 0 Å². The summed E-state index contributed by atoms with van der Waals surface area (Å²) in [6.45, 7) is 10.5. The van der Waals surface area contributed by atoms with Crippen LogP contribution in [0.4, 0.5) is 4.79 Å². The Morgan fingerprint density at radius 1 is 1.43 bits per heavy atom. The molecule has 6 nitrogen and oxygen atoms in total. The third-order valence-corrected chi connectivity index (χ3v) is 3.02. The van der Waals surface area contributed by atoms with Crippen LogP contribution in [0.1, 0.15) is 52.6 Å². The van der Waals surface area contributed by atoms with Crippen molar-refractivity contribution in [1.82, 2.24) is 20.4 Å². The van der Waals surface area contributed by atoms with E-state index in [-0.39, 0.29) is 18.2 Å². The molecule has 0 bridgehead atoms. The van der Waals surface area contributed by atoms with Crippen molar-refractivity contribution in [3.05, 3.63) is 18.0 Å². The number of aromatic nitrogens is 2. The van der Waals surface area contributed by atoms with Crippen LogP contribution in [-0.2, 0) is 11.8 Å². The molecule has 120 valence electrons. The smallest absolute Gasteiger partial charge is 0.407 e. The number of rotatable bonds is 6. The molecule has 0 aliphatic rings. The number of ether oxygens (including phenoxy) is 1. The molecule has 0 radical (unpaired) electrons. The van der Waals surface area contributed by atoms with Crippen LogP contribution in [0.5, 0.6) is 0 Å². The van der Waals surface area contributed by atoms with E-state index in [0.717, 1.165) is 18.5 Å². The fourth-order valence-electron chi connectivity index (χ4n) is 1.88. The molecule has 0 fully saturated rings. The van der Waals surface area contributed by atoms with E-state index in [0.29, 0.717) is 0 Å². The number of amides is 1. The van der Waals surface area contributed by atoms with Crippen LogP contribution >= 0.6 is 0 Å². The minimum atomic E-state index is -0.461. The van der Waals surface area contributed by atoms with Gasteiger partial charge in [0.25, 0.3) is 0 Å². The summed E-state index contributed by atoms with van der Waals surface area (Å²) in [5, 5.41) is 10.4. The number of carbonyl (C=O) groups is 1. The van der Waals surface area contributed by atoms with Crippen LogP contribution in [0.3, 0.4) is 0 Å². The van der Waals surface area contributed by atoms with Crippen LogP contribution in [0.15, 0.2) is 12.4 Å². The number of nitrogens with one attached hydrogen (secondary N) is 2. The van der Waals surface area contributed by atoms with E-state index in [1.54, 1.807) is 4.68 Å². The van der Waals surface area contributed by atoms with Crippen LogP contribution in [0.25, 0.3) is 0 Å². The first-order chi connectivity index (χ1) is 9.67. The Hall–Kier alpha value is -1.56. The van der Waals surface area contributed by atoms with Gasteiger partial charge in [-0.15, -0.1) is 0 Å². The fourth-order valence-corrected chi connectivity index (χ4v) is 1.88. The number of hydrogen-bond donors (Lipinski definition) is 2. The minimum absolute atomic E-state index is 0.0634. The molecule has 0 saturated heterocycles. The van der Waals surface area contributed by atoms with Gasteiger partial charge in [-0.05, 0) is 47.6 Å². The first-order valence-corrected chi connectivity index (χ1v) is 7.39. The van der Waals surface area contributed by atoms with Crippen molar-refractivity contribution in [2.24, 2.45) is 7.05 Å². The van der Waals surface area contributed by atoms with E-state index in [2.05, 4.69) is 22.7 Å². The summed E-state index contributed by atoms with van der Waals surface area (Å²) in [7, 11) is 1.91. The second kappa shape index (κ2) is 7.45. The van der Waals surface area contributed by atoms with E-state index < -0.39 is 5.60 Å². The van der Waals surface area contributed by atoms with Gasteiger partial charge < -0.3 is 15.4 Å². The highest BCUT2D eigenvalue weighted by molar-refractivity contribution is 5.67. The Balaban J connectivity index is 2.24. The zero-order valence-corrected chi connectivity index (χ0v) is 13.9. The third kappa shape index (κ3) is 7.13. The molecule has 0 saturated carbocycles. The lowest BCUT2D eigenvalue weighted by atomic mass is 10.1. The minimum Gasteiger partial charge on any atom is -0.444 e. The van der Waals surface area contributed by atoms with Gasteiger partial charge in [-0.2, -0.15) is 5.10 Å². The molecule has 0 spiro atoms. The number of nitrogens with zero attached hydrogens (tertiary/aromatic N) is 2. The van der Waals surface area contributed by atoms with Crippen LogP contribution < -0.4 is 10.6 Å². The van der Waals surface area contributed by atoms with Crippen molar-refractivity contribution in [2.45, 2.75) is 58.7 Å². The van der Waals surface area contributed by atoms with Crippen LogP contribution in [0.2, 0.25) is 0 Å². The average Bonchev–Trinajstić information content (AvgIpc) is 2.72. The molecule has 0 aromatic carbocycles. The summed E-state index contributed by atoms with van der Waals surface area (Å²) in [6.07, 6.45) is 4.33. The van der Waals surface area contributed by atoms with Gasteiger partial charge in [0.1, 0.15) is 5.60 Å². The molecule has 1 heterocycles. The summed E-state index contributed by atoms with van der Waals surface area (Å²) in [5.74, 6) is 0. The maximum absolute atomic E-state index is 11.6. The van der Waals surface area contributed by atoms with Crippen molar-refractivity contribution in [2.75, 3.05) is 6.54 Å². The predicted octanol–water partition coefficient (Wildman–Crippen LogP) is 2.37. The fraction of sp³-hybridized carbons (Fsp3) is 0.733. The number of hydrogen-bond acceptors (Lipinski definition) is 4. The molecule has 2 atom stereocenters. The molecule has 0 aliphatic heterocycles. The van der Waals surface area contributed by atoms with E-state index in [1.807, 2.05) is 47.1 Å². The Morgan fingerprint density at radius 3 is 2.62 bits per heavy atom. The highest BCUT2D eigenvalue weighted by atomic mass is 16.6. The zero-order valence-electron chi connectivity index (χ0n) is 13.9. The van der Waals surface area contributed by atoms with Gasteiger partial charge in [-0.1, -0.05) is 0 Å². The van der Waals surface area contributed by atoms with Gasteiger partial charge in [0.05, 0.1) is 6.20 Å². The van der Waals surface area contributed by atoms with E-state index in [4.69, 9.17) is 4.74 Å². The van der Waals surface area contributed by atoms with Crippen molar-refractivity contribution < 1.29 is 9.53 Å². The summed E-state index contributed by atoms with van der Waals surface area (Å²) in [6, 6.07) is 0.306. The first-order valence-electron chi connectivity index (χ1n) is 7.39. The predicted molar refractivity (Wildman–Crippen MR) is 83.1 cm³/mol. The molecular weight excluding hydrogens is 268 g/mol. The second-order valence-electron chi connectivity index (χ2n) is 6.46. The van der Waals surface area contributed by atoms with E-state index >= 15 is 0 Å². The number of aryl methyl sites for hydroxylation is 1. The van der Waals surface area contributed by atoms with E-state index in [1.165, 1.54) is 0 Å². The molecule has 2 unspecified atom stereocenters. The van der Waals surface area contributed by atoms with Gasteiger partial charge in [0.15, 0.2) is 0 Å². The van der Waals surface area contributed by atoms with Crippen molar-refractivity contribution in [3.63, 3.8) is 0 Å². The largest absolute Gasteiger partial charge is 0.444 e.